The third-order valence-electron chi connectivity index (χ3n) is 1.53. The summed E-state index contributed by atoms with van der Waals surface area (Å²) in [5.41, 5.74) is 1.28. The van der Waals surface area contributed by atoms with E-state index in [1.165, 1.54) is 5.56 Å². The monoisotopic (exact) mass is 198 g/mol. The minimum atomic E-state index is 0.882. The predicted molar refractivity (Wildman–Crippen MR) is 61.9 cm³/mol. The number of methoxy groups -OCH3 is 1. The fourth-order valence-electron chi connectivity index (χ4n) is 0.957. The molecule has 0 unspecified atom stereocenters. The first-order chi connectivity index (χ1) is 6.36. The molecule has 0 aliphatic rings. The van der Waals surface area contributed by atoms with E-state index in [0.717, 1.165) is 17.9 Å². The molecule has 0 fully saturated rings. The van der Waals surface area contributed by atoms with Gasteiger partial charge in [-0.15, -0.1) is 0 Å². The highest BCUT2D eigenvalue weighted by molar-refractivity contribution is 7.80. The summed E-state index contributed by atoms with van der Waals surface area (Å²) in [6.45, 7) is 4.00. The molecular formula is C11H18OS. The van der Waals surface area contributed by atoms with Crippen LogP contribution in [0.3, 0.4) is 0 Å². The van der Waals surface area contributed by atoms with E-state index in [2.05, 4.69) is 18.7 Å². The van der Waals surface area contributed by atoms with Crippen molar-refractivity contribution in [1.82, 2.24) is 0 Å². The number of benzene rings is 1. The molecule has 0 saturated heterocycles. The summed E-state index contributed by atoms with van der Waals surface area (Å²) in [4.78, 5) is 0. The van der Waals surface area contributed by atoms with E-state index in [-0.39, 0.29) is 0 Å². The van der Waals surface area contributed by atoms with Crippen LogP contribution in [0.1, 0.15) is 19.4 Å². The molecule has 0 aliphatic heterocycles. The van der Waals surface area contributed by atoms with E-state index in [1.807, 2.05) is 32.0 Å². The zero-order valence-electron chi connectivity index (χ0n) is 8.58. The Labute approximate surface area is 86.5 Å². The van der Waals surface area contributed by atoms with Crippen molar-refractivity contribution in [2.24, 2.45) is 0 Å². The second-order valence-corrected chi connectivity index (χ2v) is 2.77. The molecule has 1 rings (SSSR count). The van der Waals surface area contributed by atoms with E-state index in [4.69, 9.17) is 4.74 Å². The van der Waals surface area contributed by atoms with Crippen molar-refractivity contribution in [3.8, 4) is 5.75 Å². The van der Waals surface area contributed by atoms with Crippen LogP contribution >= 0.6 is 12.6 Å². The lowest BCUT2D eigenvalue weighted by Crippen LogP contribution is -1.87. The maximum atomic E-state index is 5.08. The predicted octanol–water partition coefficient (Wildman–Crippen LogP) is 3.19. The van der Waals surface area contributed by atoms with Gasteiger partial charge in [0.25, 0.3) is 0 Å². The van der Waals surface area contributed by atoms with Crippen molar-refractivity contribution < 1.29 is 4.74 Å². The average Bonchev–Trinajstić information content (AvgIpc) is 2.22. The van der Waals surface area contributed by atoms with E-state index in [1.54, 1.807) is 7.11 Å². The van der Waals surface area contributed by atoms with Crippen LogP contribution in [0.15, 0.2) is 24.3 Å². The van der Waals surface area contributed by atoms with Gasteiger partial charge in [-0.1, -0.05) is 26.0 Å². The molecule has 0 radical (unpaired) electrons. The molecular weight excluding hydrogens is 180 g/mol. The minimum absolute atomic E-state index is 0.882. The Morgan fingerprint density at radius 2 is 2.00 bits per heavy atom. The molecule has 13 heavy (non-hydrogen) atoms. The molecule has 1 aromatic rings. The largest absolute Gasteiger partial charge is 0.497 e. The van der Waals surface area contributed by atoms with Crippen molar-refractivity contribution in [2.75, 3.05) is 12.9 Å². The average molecular weight is 198 g/mol. The molecule has 0 spiro atoms. The van der Waals surface area contributed by atoms with Crippen LogP contribution in [0.5, 0.6) is 5.75 Å². The van der Waals surface area contributed by atoms with E-state index < -0.39 is 0 Å². The molecule has 0 amide bonds. The van der Waals surface area contributed by atoms with Gasteiger partial charge < -0.3 is 4.74 Å². The first-order valence-corrected chi connectivity index (χ1v) is 5.24. The molecule has 1 nitrogen and oxygen atoms in total. The molecule has 0 aromatic heterocycles. The van der Waals surface area contributed by atoms with Gasteiger partial charge in [0.1, 0.15) is 5.75 Å². The van der Waals surface area contributed by atoms with Gasteiger partial charge in [0.05, 0.1) is 7.11 Å². The van der Waals surface area contributed by atoms with Gasteiger partial charge in [-0.05, 0) is 29.9 Å². The lowest BCUT2D eigenvalue weighted by atomic mass is 10.2. The first-order valence-electron chi connectivity index (χ1n) is 4.60. The highest BCUT2D eigenvalue weighted by atomic mass is 32.1. The normalized spacial score (nSPS) is 8.62. The van der Waals surface area contributed by atoms with Gasteiger partial charge in [0.2, 0.25) is 0 Å². The molecule has 2 heteroatoms. The van der Waals surface area contributed by atoms with Gasteiger partial charge in [-0.25, -0.2) is 0 Å². The molecule has 0 bridgehead atoms. The highest BCUT2D eigenvalue weighted by Gasteiger charge is 1.92. The number of rotatable bonds is 3. The highest BCUT2D eigenvalue weighted by Crippen LogP contribution is 2.12. The van der Waals surface area contributed by atoms with Crippen molar-refractivity contribution in [3.05, 3.63) is 29.8 Å². The van der Waals surface area contributed by atoms with Crippen LogP contribution in [0.2, 0.25) is 0 Å². The second kappa shape index (κ2) is 7.99. The Bertz CT molecular complexity index is 223. The Morgan fingerprint density at radius 3 is 2.54 bits per heavy atom. The quantitative estimate of drug-likeness (QED) is 0.734. The number of aryl methyl sites for hydroxylation is 1. The lowest BCUT2D eigenvalue weighted by molar-refractivity contribution is 0.414. The smallest absolute Gasteiger partial charge is 0.119 e. The zero-order valence-corrected chi connectivity index (χ0v) is 9.47. The minimum Gasteiger partial charge on any atom is -0.497 e. The molecule has 0 heterocycles. The Hall–Kier alpha value is -0.630. The second-order valence-electron chi connectivity index (χ2n) is 2.33. The van der Waals surface area contributed by atoms with Crippen molar-refractivity contribution in [2.45, 2.75) is 20.3 Å². The van der Waals surface area contributed by atoms with Crippen LogP contribution in [0.25, 0.3) is 0 Å². The molecule has 0 saturated carbocycles. The molecule has 1 aromatic carbocycles. The van der Waals surface area contributed by atoms with Crippen LogP contribution in [-0.2, 0) is 6.42 Å². The van der Waals surface area contributed by atoms with Crippen LogP contribution in [0, 0.1) is 0 Å². The maximum Gasteiger partial charge on any atom is 0.119 e. The lowest BCUT2D eigenvalue weighted by Gasteiger charge is -2.01. The van der Waals surface area contributed by atoms with Gasteiger partial charge in [-0.2, -0.15) is 12.6 Å². The van der Waals surface area contributed by atoms with Gasteiger partial charge in [0, 0.05) is 0 Å². The van der Waals surface area contributed by atoms with Gasteiger partial charge in [0.15, 0.2) is 0 Å². The third-order valence-corrected chi connectivity index (χ3v) is 1.76. The van der Waals surface area contributed by atoms with Crippen LogP contribution in [0.4, 0.5) is 0 Å². The SMILES string of the molecule is CC.COc1cccc(CCS)c1. The Morgan fingerprint density at radius 1 is 1.31 bits per heavy atom. The third kappa shape index (κ3) is 4.83. The van der Waals surface area contributed by atoms with Crippen molar-refractivity contribution in [3.63, 3.8) is 0 Å². The summed E-state index contributed by atoms with van der Waals surface area (Å²) >= 11 is 4.15. The molecule has 0 aliphatic carbocycles. The fourth-order valence-corrected chi connectivity index (χ4v) is 1.22. The number of hydrogen-bond donors (Lipinski definition) is 1. The van der Waals surface area contributed by atoms with E-state index in [0.29, 0.717) is 0 Å². The topological polar surface area (TPSA) is 9.23 Å². The summed E-state index contributed by atoms with van der Waals surface area (Å²) < 4.78 is 5.08. The number of ether oxygens (including phenoxy) is 1. The summed E-state index contributed by atoms with van der Waals surface area (Å²) in [5.74, 6) is 1.80. The summed E-state index contributed by atoms with van der Waals surface area (Å²) in [6.07, 6.45) is 1.00. The fraction of sp³-hybridized carbons (Fsp3) is 0.455. The van der Waals surface area contributed by atoms with Crippen LogP contribution in [-0.4, -0.2) is 12.9 Å². The zero-order chi connectivity index (χ0) is 10.1. The van der Waals surface area contributed by atoms with Crippen LogP contribution < -0.4 is 4.74 Å². The Balaban J connectivity index is 0.000000671. The summed E-state index contributed by atoms with van der Waals surface area (Å²) in [6, 6.07) is 8.06. The molecule has 0 atom stereocenters. The van der Waals surface area contributed by atoms with Gasteiger partial charge in [-0.3, -0.25) is 0 Å². The van der Waals surface area contributed by atoms with Crippen molar-refractivity contribution in [1.29, 1.82) is 0 Å². The van der Waals surface area contributed by atoms with E-state index >= 15 is 0 Å². The van der Waals surface area contributed by atoms with Crippen molar-refractivity contribution >= 4 is 12.6 Å². The standard InChI is InChI=1S/C9H12OS.C2H6/c1-10-9-4-2-3-8(7-9)5-6-11;1-2/h2-4,7,11H,5-6H2,1H3;1-2H3. The maximum absolute atomic E-state index is 5.08. The first kappa shape index (κ1) is 12.4. The Kier molecular flexibility index (Phi) is 7.60. The van der Waals surface area contributed by atoms with E-state index in [9.17, 15) is 0 Å². The molecule has 74 valence electrons. The number of thiol groups is 1. The summed E-state index contributed by atoms with van der Waals surface area (Å²) in [5, 5.41) is 0. The van der Waals surface area contributed by atoms with Gasteiger partial charge >= 0.3 is 0 Å². The number of hydrogen-bond acceptors (Lipinski definition) is 2. The summed E-state index contributed by atoms with van der Waals surface area (Å²) in [7, 11) is 1.68. The molecule has 0 N–H and O–H groups in total.